The van der Waals surface area contributed by atoms with Crippen molar-refractivity contribution in [3.8, 4) is 0 Å². The molecule has 17 heavy (non-hydrogen) atoms. The van der Waals surface area contributed by atoms with E-state index in [1.54, 1.807) is 0 Å². The molecule has 0 unspecified atom stereocenters. The third kappa shape index (κ3) is 6.34. The Hall–Kier alpha value is -1.00. The van der Waals surface area contributed by atoms with E-state index in [1.807, 2.05) is 19.3 Å². The first-order valence-electron chi connectivity index (χ1n) is 6.08. The van der Waals surface area contributed by atoms with Gasteiger partial charge in [-0.05, 0) is 34.7 Å². The van der Waals surface area contributed by atoms with Crippen LogP contribution in [0.25, 0.3) is 0 Å². The summed E-state index contributed by atoms with van der Waals surface area (Å²) in [4.78, 5) is 10.8. The van der Waals surface area contributed by atoms with Gasteiger partial charge >= 0.3 is 0 Å². The second-order valence-corrected chi connectivity index (χ2v) is 5.56. The van der Waals surface area contributed by atoms with Crippen molar-refractivity contribution < 1.29 is 0 Å². The standard InChI is InChI=1S/C13H24N4/c1-11-8-15-12(9-14-11)10-17(5)7-6-16-13(2,3)4/h8-9,16H,6-7,10H2,1-5H3. The molecule has 4 heteroatoms. The smallest absolute Gasteiger partial charge is 0.0726 e. The fraction of sp³-hybridized carbons (Fsp3) is 0.692. The van der Waals surface area contributed by atoms with Crippen molar-refractivity contribution in [3.05, 3.63) is 23.8 Å². The van der Waals surface area contributed by atoms with Crippen LogP contribution in [0.3, 0.4) is 0 Å². The molecule has 1 aromatic rings. The zero-order chi connectivity index (χ0) is 12.9. The maximum atomic E-state index is 4.35. The van der Waals surface area contributed by atoms with Crippen molar-refractivity contribution >= 4 is 0 Å². The molecule has 0 saturated carbocycles. The van der Waals surface area contributed by atoms with Crippen LogP contribution in [0.1, 0.15) is 32.2 Å². The molecule has 0 bridgehead atoms. The summed E-state index contributed by atoms with van der Waals surface area (Å²) in [6, 6.07) is 0. The van der Waals surface area contributed by atoms with Crippen molar-refractivity contribution in [2.75, 3.05) is 20.1 Å². The zero-order valence-electron chi connectivity index (χ0n) is 11.6. The predicted octanol–water partition coefficient (Wildman–Crippen LogP) is 1.60. The lowest BCUT2D eigenvalue weighted by atomic mass is 10.1. The largest absolute Gasteiger partial charge is 0.311 e. The van der Waals surface area contributed by atoms with Gasteiger partial charge in [0.2, 0.25) is 0 Å². The minimum Gasteiger partial charge on any atom is -0.311 e. The van der Waals surface area contributed by atoms with E-state index in [0.717, 1.165) is 31.0 Å². The van der Waals surface area contributed by atoms with E-state index in [0.29, 0.717) is 0 Å². The Morgan fingerprint density at radius 3 is 2.47 bits per heavy atom. The summed E-state index contributed by atoms with van der Waals surface area (Å²) in [6.07, 6.45) is 3.67. The van der Waals surface area contributed by atoms with E-state index in [4.69, 9.17) is 0 Å². The van der Waals surface area contributed by atoms with E-state index >= 15 is 0 Å². The van der Waals surface area contributed by atoms with Crippen LogP contribution >= 0.6 is 0 Å². The second kappa shape index (κ2) is 6.07. The molecule has 1 rings (SSSR count). The third-order valence-corrected chi connectivity index (χ3v) is 2.42. The number of hydrogen-bond acceptors (Lipinski definition) is 4. The van der Waals surface area contributed by atoms with Gasteiger partial charge in [-0.3, -0.25) is 14.9 Å². The lowest BCUT2D eigenvalue weighted by Crippen LogP contribution is -2.40. The molecule has 96 valence electrons. The van der Waals surface area contributed by atoms with Gasteiger partial charge < -0.3 is 5.32 Å². The van der Waals surface area contributed by atoms with Crippen molar-refractivity contribution in [1.29, 1.82) is 0 Å². The van der Waals surface area contributed by atoms with Gasteiger partial charge in [0.25, 0.3) is 0 Å². The van der Waals surface area contributed by atoms with Crippen LogP contribution in [-0.4, -0.2) is 40.5 Å². The Kier molecular flexibility index (Phi) is 5.02. The molecule has 1 aromatic heterocycles. The van der Waals surface area contributed by atoms with Crippen LogP contribution in [-0.2, 0) is 6.54 Å². The van der Waals surface area contributed by atoms with Crippen molar-refractivity contribution in [2.24, 2.45) is 0 Å². The molecular formula is C13H24N4. The van der Waals surface area contributed by atoms with Crippen molar-refractivity contribution in [3.63, 3.8) is 0 Å². The molecule has 0 radical (unpaired) electrons. The van der Waals surface area contributed by atoms with Crippen LogP contribution in [0, 0.1) is 6.92 Å². The Balaban J connectivity index is 2.30. The summed E-state index contributed by atoms with van der Waals surface area (Å²) in [5.74, 6) is 0. The lowest BCUT2D eigenvalue weighted by molar-refractivity contribution is 0.300. The minimum atomic E-state index is 0.185. The first kappa shape index (κ1) is 14.1. The summed E-state index contributed by atoms with van der Waals surface area (Å²) < 4.78 is 0. The number of nitrogens with zero attached hydrogens (tertiary/aromatic N) is 3. The van der Waals surface area contributed by atoms with E-state index < -0.39 is 0 Å². The maximum absolute atomic E-state index is 4.35. The van der Waals surface area contributed by atoms with Gasteiger partial charge in [-0.15, -0.1) is 0 Å². The van der Waals surface area contributed by atoms with Gasteiger partial charge in [0.15, 0.2) is 0 Å². The first-order valence-corrected chi connectivity index (χ1v) is 6.08. The van der Waals surface area contributed by atoms with E-state index in [9.17, 15) is 0 Å². The van der Waals surface area contributed by atoms with Gasteiger partial charge in [-0.1, -0.05) is 0 Å². The highest BCUT2D eigenvalue weighted by Crippen LogP contribution is 2.00. The molecular weight excluding hydrogens is 212 g/mol. The fourth-order valence-electron chi connectivity index (χ4n) is 1.48. The van der Waals surface area contributed by atoms with Crippen molar-refractivity contribution in [2.45, 2.75) is 39.8 Å². The SMILES string of the molecule is Cc1cnc(CN(C)CCNC(C)(C)C)cn1. The zero-order valence-corrected chi connectivity index (χ0v) is 11.6. The van der Waals surface area contributed by atoms with Crippen LogP contribution in [0.2, 0.25) is 0 Å². The number of likely N-dealkylation sites (N-methyl/N-ethyl adjacent to an activating group) is 1. The minimum absolute atomic E-state index is 0.185. The Labute approximate surface area is 104 Å². The van der Waals surface area contributed by atoms with E-state index in [2.05, 4.69) is 48.0 Å². The van der Waals surface area contributed by atoms with Gasteiger partial charge in [0, 0.05) is 37.6 Å². The summed E-state index contributed by atoms with van der Waals surface area (Å²) in [5.41, 5.74) is 2.17. The predicted molar refractivity (Wildman–Crippen MR) is 70.9 cm³/mol. The Morgan fingerprint density at radius 1 is 1.24 bits per heavy atom. The normalized spacial score (nSPS) is 12.1. The third-order valence-electron chi connectivity index (χ3n) is 2.42. The molecule has 0 spiro atoms. The molecule has 0 saturated heterocycles. The average molecular weight is 236 g/mol. The van der Waals surface area contributed by atoms with Crippen molar-refractivity contribution in [1.82, 2.24) is 20.2 Å². The highest BCUT2D eigenvalue weighted by molar-refractivity contribution is 5.00. The first-order chi connectivity index (χ1) is 7.87. The molecule has 0 aliphatic carbocycles. The van der Waals surface area contributed by atoms with E-state index in [-0.39, 0.29) is 5.54 Å². The quantitative estimate of drug-likeness (QED) is 0.843. The Morgan fingerprint density at radius 2 is 1.94 bits per heavy atom. The van der Waals surface area contributed by atoms with Crippen LogP contribution in [0.4, 0.5) is 0 Å². The number of hydrogen-bond donors (Lipinski definition) is 1. The van der Waals surface area contributed by atoms with Crippen LogP contribution < -0.4 is 5.32 Å². The summed E-state index contributed by atoms with van der Waals surface area (Å²) in [5, 5.41) is 3.47. The van der Waals surface area contributed by atoms with Gasteiger partial charge in [0.05, 0.1) is 11.4 Å². The number of rotatable bonds is 5. The summed E-state index contributed by atoms with van der Waals surface area (Å²) in [6.45, 7) is 11.3. The molecule has 0 aromatic carbocycles. The lowest BCUT2D eigenvalue weighted by Gasteiger charge is -2.23. The highest BCUT2D eigenvalue weighted by atomic mass is 15.1. The van der Waals surface area contributed by atoms with E-state index in [1.165, 1.54) is 0 Å². The van der Waals surface area contributed by atoms with Crippen LogP contribution in [0.5, 0.6) is 0 Å². The summed E-state index contributed by atoms with van der Waals surface area (Å²) >= 11 is 0. The molecule has 0 amide bonds. The summed E-state index contributed by atoms with van der Waals surface area (Å²) in [7, 11) is 2.10. The maximum Gasteiger partial charge on any atom is 0.0726 e. The average Bonchev–Trinajstić information content (AvgIpc) is 2.19. The molecule has 1 heterocycles. The number of nitrogens with one attached hydrogen (secondary N) is 1. The molecule has 1 N–H and O–H groups in total. The number of aromatic nitrogens is 2. The van der Waals surface area contributed by atoms with Crippen LogP contribution in [0.15, 0.2) is 12.4 Å². The topological polar surface area (TPSA) is 41.1 Å². The molecule has 0 aliphatic heterocycles. The monoisotopic (exact) mass is 236 g/mol. The van der Waals surface area contributed by atoms with Gasteiger partial charge in [-0.25, -0.2) is 0 Å². The fourth-order valence-corrected chi connectivity index (χ4v) is 1.48. The molecule has 0 atom stereocenters. The van der Waals surface area contributed by atoms with Gasteiger partial charge in [0.1, 0.15) is 0 Å². The molecule has 4 nitrogen and oxygen atoms in total. The Bertz CT molecular complexity index is 326. The molecule has 0 aliphatic rings. The van der Waals surface area contributed by atoms with Gasteiger partial charge in [-0.2, -0.15) is 0 Å². The number of aryl methyl sites for hydroxylation is 1. The second-order valence-electron chi connectivity index (χ2n) is 5.56. The molecule has 0 fully saturated rings. The highest BCUT2D eigenvalue weighted by Gasteiger charge is 2.08.